The van der Waals surface area contributed by atoms with Gasteiger partial charge in [0, 0.05) is 17.8 Å². The first-order valence-corrected chi connectivity index (χ1v) is 7.37. The van der Waals surface area contributed by atoms with E-state index >= 15 is 0 Å². The molecule has 0 amide bonds. The number of fused-ring (bicyclic) bond motifs is 1. The number of aryl methyl sites for hydroxylation is 1. The molecule has 0 bridgehead atoms. The molecule has 1 nitrogen and oxygen atoms in total. The van der Waals surface area contributed by atoms with E-state index in [1.807, 2.05) is 0 Å². The van der Waals surface area contributed by atoms with E-state index in [0.717, 1.165) is 18.4 Å². The van der Waals surface area contributed by atoms with Gasteiger partial charge in [0.25, 0.3) is 0 Å². The summed E-state index contributed by atoms with van der Waals surface area (Å²) >= 11 is 0. The Morgan fingerprint density at radius 2 is 2.11 bits per heavy atom. The highest BCUT2D eigenvalue weighted by molar-refractivity contribution is 5.81. The lowest BCUT2D eigenvalue weighted by Crippen LogP contribution is -2.16. The fourth-order valence-electron chi connectivity index (χ4n) is 3.41. The minimum absolute atomic E-state index is 0.721. The second-order valence-corrected chi connectivity index (χ2v) is 5.90. The molecule has 1 heteroatoms. The highest BCUT2D eigenvalue weighted by atomic mass is 15.0. The zero-order chi connectivity index (χ0) is 12.5. The van der Waals surface area contributed by atoms with Crippen LogP contribution in [0.25, 0.3) is 10.9 Å². The Bertz CT molecular complexity index is 538. The quantitative estimate of drug-likeness (QED) is 0.700. The van der Waals surface area contributed by atoms with Gasteiger partial charge in [-0.25, -0.2) is 0 Å². The van der Waals surface area contributed by atoms with Gasteiger partial charge >= 0.3 is 0 Å². The Kier molecular flexibility index (Phi) is 3.15. The number of benzene rings is 1. The molecule has 1 heterocycles. The number of hydrogen-bond donors (Lipinski definition) is 0. The fourth-order valence-corrected chi connectivity index (χ4v) is 3.41. The van der Waals surface area contributed by atoms with Crippen molar-refractivity contribution in [3.05, 3.63) is 36.0 Å². The van der Waals surface area contributed by atoms with Gasteiger partial charge in [-0.05, 0) is 54.3 Å². The summed E-state index contributed by atoms with van der Waals surface area (Å²) < 4.78 is 2.52. The van der Waals surface area contributed by atoms with Crippen molar-refractivity contribution < 1.29 is 0 Å². The molecule has 96 valence electrons. The van der Waals surface area contributed by atoms with Crippen LogP contribution in [-0.2, 0) is 6.42 Å². The second kappa shape index (κ2) is 4.79. The van der Waals surface area contributed by atoms with Crippen molar-refractivity contribution in [3.8, 4) is 0 Å². The predicted molar refractivity (Wildman–Crippen MR) is 78.0 cm³/mol. The van der Waals surface area contributed by atoms with Gasteiger partial charge < -0.3 is 4.57 Å². The predicted octanol–water partition coefficient (Wildman–Crippen LogP) is 4.95. The third kappa shape index (κ3) is 2.07. The van der Waals surface area contributed by atoms with Crippen LogP contribution >= 0.6 is 0 Å². The normalized spacial score (nSPS) is 24.6. The molecule has 1 aliphatic carbocycles. The number of rotatable bonds is 2. The second-order valence-electron chi connectivity index (χ2n) is 5.90. The van der Waals surface area contributed by atoms with Gasteiger partial charge in [0.1, 0.15) is 0 Å². The number of nitrogens with zero attached hydrogens (tertiary/aromatic N) is 1. The maximum absolute atomic E-state index is 2.52. The minimum Gasteiger partial charge on any atom is -0.344 e. The summed E-state index contributed by atoms with van der Waals surface area (Å²) in [5, 5.41) is 1.41. The van der Waals surface area contributed by atoms with Crippen LogP contribution < -0.4 is 0 Å². The first-order chi connectivity index (χ1) is 8.78. The smallest absolute Gasteiger partial charge is 0.0483 e. The molecule has 1 aliphatic rings. The van der Waals surface area contributed by atoms with Gasteiger partial charge in [-0.3, -0.25) is 0 Å². The van der Waals surface area contributed by atoms with E-state index in [-0.39, 0.29) is 0 Å². The largest absolute Gasteiger partial charge is 0.344 e. The Morgan fingerprint density at radius 1 is 1.22 bits per heavy atom. The van der Waals surface area contributed by atoms with Crippen molar-refractivity contribution in [2.75, 3.05) is 0 Å². The van der Waals surface area contributed by atoms with Crippen molar-refractivity contribution in [1.82, 2.24) is 4.57 Å². The van der Waals surface area contributed by atoms with E-state index in [9.17, 15) is 0 Å². The van der Waals surface area contributed by atoms with Crippen LogP contribution in [0.2, 0.25) is 0 Å². The molecule has 1 saturated carbocycles. The van der Waals surface area contributed by atoms with Gasteiger partial charge in [-0.15, -0.1) is 0 Å². The third-order valence-corrected chi connectivity index (χ3v) is 4.50. The molecule has 0 spiro atoms. The third-order valence-electron chi connectivity index (χ3n) is 4.50. The van der Waals surface area contributed by atoms with Crippen molar-refractivity contribution in [2.24, 2.45) is 5.92 Å². The topological polar surface area (TPSA) is 4.93 Å². The van der Waals surface area contributed by atoms with Gasteiger partial charge in [0.05, 0.1) is 0 Å². The highest BCUT2D eigenvalue weighted by Gasteiger charge is 2.20. The van der Waals surface area contributed by atoms with Gasteiger partial charge in [0.2, 0.25) is 0 Å². The van der Waals surface area contributed by atoms with Crippen LogP contribution in [0.3, 0.4) is 0 Å². The molecule has 1 aromatic heterocycles. The Morgan fingerprint density at radius 3 is 2.89 bits per heavy atom. The summed E-state index contributed by atoms with van der Waals surface area (Å²) in [4.78, 5) is 0. The van der Waals surface area contributed by atoms with Crippen molar-refractivity contribution in [3.63, 3.8) is 0 Å². The summed E-state index contributed by atoms with van der Waals surface area (Å²) in [6.45, 7) is 4.62. The summed E-state index contributed by atoms with van der Waals surface area (Å²) in [7, 11) is 0. The standard InChI is InChI=1S/C17H23N/c1-3-14-7-8-17-15(12-14)9-10-18(17)16-6-4-5-13(2)11-16/h7-10,12-13,16H,3-6,11H2,1-2H3. The maximum atomic E-state index is 2.52. The Hall–Kier alpha value is -1.24. The lowest BCUT2D eigenvalue weighted by atomic mass is 9.87. The van der Waals surface area contributed by atoms with E-state index in [0.29, 0.717) is 0 Å². The zero-order valence-corrected chi connectivity index (χ0v) is 11.5. The fraction of sp³-hybridized carbons (Fsp3) is 0.529. The molecule has 0 aliphatic heterocycles. The SMILES string of the molecule is CCc1ccc2c(ccn2C2CCCC(C)C2)c1. The summed E-state index contributed by atoms with van der Waals surface area (Å²) in [6.07, 6.45) is 8.92. The minimum atomic E-state index is 0.721. The van der Waals surface area contributed by atoms with Crippen LogP contribution in [-0.4, -0.2) is 4.57 Å². The van der Waals surface area contributed by atoms with E-state index in [1.54, 1.807) is 0 Å². The summed E-state index contributed by atoms with van der Waals surface area (Å²) in [5.41, 5.74) is 2.86. The summed E-state index contributed by atoms with van der Waals surface area (Å²) in [5.74, 6) is 0.885. The molecular formula is C17H23N. The van der Waals surface area contributed by atoms with Crippen molar-refractivity contribution in [1.29, 1.82) is 0 Å². The lowest BCUT2D eigenvalue weighted by Gasteiger charge is -2.28. The van der Waals surface area contributed by atoms with Crippen LogP contribution in [0.1, 0.15) is 51.1 Å². The van der Waals surface area contributed by atoms with Crippen LogP contribution in [0.5, 0.6) is 0 Å². The van der Waals surface area contributed by atoms with Gasteiger partial charge in [0.15, 0.2) is 0 Å². The molecule has 3 rings (SSSR count). The molecule has 1 aromatic carbocycles. The number of aromatic nitrogens is 1. The van der Waals surface area contributed by atoms with Crippen LogP contribution in [0, 0.1) is 5.92 Å². The van der Waals surface area contributed by atoms with E-state index in [1.165, 1.54) is 42.1 Å². The Balaban J connectivity index is 1.97. The summed E-state index contributed by atoms with van der Waals surface area (Å²) in [6, 6.07) is 9.95. The average Bonchev–Trinajstić information content (AvgIpc) is 2.81. The number of hydrogen-bond acceptors (Lipinski definition) is 0. The van der Waals surface area contributed by atoms with E-state index < -0.39 is 0 Å². The average molecular weight is 241 g/mol. The first kappa shape index (κ1) is 11.8. The molecule has 0 radical (unpaired) electrons. The highest BCUT2D eigenvalue weighted by Crippen LogP contribution is 2.34. The monoisotopic (exact) mass is 241 g/mol. The molecular weight excluding hydrogens is 218 g/mol. The van der Waals surface area contributed by atoms with E-state index in [4.69, 9.17) is 0 Å². The van der Waals surface area contributed by atoms with Crippen LogP contribution in [0.15, 0.2) is 30.5 Å². The lowest BCUT2D eigenvalue weighted by molar-refractivity contribution is 0.287. The maximum Gasteiger partial charge on any atom is 0.0483 e. The molecule has 2 unspecified atom stereocenters. The Labute approximate surface area is 110 Å². The molecule has 0 saturated heterocycles. The van der Waals surface area contributed by atoms with Gasteiger partial charge in [-0.2, -0.15) is 0 Å². The first-order valence-electron chi connectivity index (χ1n) is 7.37. The molecule has 0 N–H and O–H groups in total. The van der Waals surface area contributed by atoms with E-state index in [2.05, 4.69) is 48.9 Å². The molecule has 1 fully saturated rings. The van der Waals surface area contributed by atoms with Crippen molar-refractivity contribution in [2.45, 2.75) is 52.0 Å². The molecule has 2 aromatic rings. The van der Waals surface area contributed by atoms with Crippen molar-refractivity contribution >= 4 is 10.9 Å². The zero-order valence-electron chi connectivity index (χ0n) is 11.5. The van der Waals surface area contributed by atoms with Crippen LogP contribution in [0.4, 0.5) is 0 Å². The van der Waals surface area contributed by atoms with Gasteiger partial charge in [-0.1, -0.05) is 32.8 Å². The molecule has 2 atom stereocenters. The molecule has 18 heavy (non-hydrogen) atoms.